The van der Waals surface area contributed by atoms with Gasteiger partial charge in [-0.05, 0) is 49.8 Å². The zero-order valence-electron chi connectivity index (χ0n) is 20.5. The van der Waals surface area contributed by atoms with Gasteiger partial charge in [-0.3, -0.25) is 9.59 Å². The van der Waals surface area contributed by atoms with Crippen molar-refractivity contribution < 1.29 is 38.0 Å². The Morgan fingerprint density at radius 3 is 2.29 bits per heavy atom. The van der Waals surface area contributed by atoms with E-state index < -0.39 is 0 Å². The van der Waals surface area contributed by atoms with Gasteiger partial charge >= 0.3 is 0 Å². The minimum Gasteiger partial charge on any atom is -0.493 e. The van der Waals surface area contributed by atoms with Crippen LogP contribution in [0, 0.1) is 0 Å². The number of benzene rings is 2. The second-order valence-electron chi connectivity index (χ2n) is 8.40. The third-order valence-electron chi connectivity index (χ3n) is 5.76. The summed E-state index contributed by atoms with van der Waals surface area (Å²) in [5.41, 5.74) is 1.06. The Bertz CT molecular complexity index is 1120. The number of methoxy groups -OCH3 is 3. The number of fused-ring (bicyclic) bond motifs is 1. The number of ether oxygens (including phenoxy) is 6. The molecule has 0 aromatic heterocycles. The van der Waals surface area contributed by atoms with E-state index in [9.17, 15) is 9.59 Å². The lowest BCUT2D eigenvalue weighted by Crippen LogP contribution is -2.49. The molecule has 9 heteroatoms. The molecule has 186 valence electrons. The highest BCUT2D eigenvalue weighted by Crippen LogP contribution is 2.40. The number of nitrogens with zero attached hydrogens (tertiary/aromatic N) is 1. The summed E-state index contributed by atoms with van der Waals surface area (Å²) in [5, 5.41) is 0. The summed E-state index contributed by atoms with van der Waals surface area (Å²) in [6.07, 6.45) is 1.58. The third-order valence-corrected chi connectivity index (χ3v) is 5.76. The summed E-state index contributed by atoms with van der Waals surface area (Å²) in [5.74, 6) is 1.97. The number of rotatable bonds is 7. The minimum atomic E-state index is -0.257. The Hall–Kier alpha value is -3.72. The van der Waals surface area contributed by atoms with E-state index in [1.807, 2.05) is 13.8 Å². The first-order valence-corrected chi connectivity index (χ1v) is 11.3. The van der Waals surface area contributed by atoms with Gasteiger partial charge in [-0.25, -0.2) is 0 Å². The van der Waals surface area contributed by atoms with Crippen molar-refractivity contribution in [2.45, 2.75) is 26.1 Å². The Labute approximate surface area is 204 Å². The summed E-state index contributed by atoms with van der Waals surface area (Å²) >= 11 is 0. The number of carbonyl (C=O) groups excluding carboxylic acids is 2. The van der Waals surface area contributed by atoms with Gasteiger partial charge in [-0.2, -0.15) is 0 Å². The van der Waals surface area contributed by atoms with Crippen molar-refractivity contribution in [3.05, 3.63) is 47.2 Å². The molecule has 0 aliphatic carbocycles. The molecule has 1 fully saturated rings. The first kappa shape index (κ1) is 24.4. The summed E-state index contributed by atoms with van der Waals surface area (Å²) in [4.78, 5) is 27.2. The lowest BCUT2D eigenvalue weighted by Gasteiger charge is -2.35. The molecule has 0 N–H and O–H groups in total. The van der Waals surface area contributed by atoms with Gasteiger partial charge in [0.1, 0.15) is 11.5 Å². The maximum atomic E-state index is 12.9. The second kappa shape index (κ2) is 10.3. The first-order chi connectivity index (χ1) is 16.8. The molecule has 9 nitrogen and oxygen atoms in total. The largest absolute Gasteiger partial charge is 0.493 e. The van der Waals surface area contributed by atoms with E-state index in [0.717, 1.165) is 0 Å². The fourth-order valence-electron chi connectivity index (χ4n) is 4.21. The van der Waals surface area contributed by atoms with Crippen molar-refractivity contribution >= 4 is 17.8 Å². The lowest BCUT2D eigenvalue weighted by molar-refractivity contribution is -0.145. The molecule has 0 spiro atoms. The van der Waals surface area contributed by atoms with Crippen LogP contribution < -0.4 is 23.7 Å². The van der Waals surface area contributed by atoms with Crippen LogP contribution >= 0.6 is 0 Å². The van der Waals surface area contributed by atoms with Gasteiger partial charge in [0, 0.05) is 19.2 Å². The number of hydrogen-bond acceptors (Lipinski definition) is 8. The fraction of sp³-hybridized carbons (Fsp3) is 0.385. The zero-order valence-corrected chi connectivity index (χ0v) is 20.5. The van der Waals surface area contributed by atoms with Crippen LogP contribution in [0.25, 0.3) is 6.08 Å². The van der Waals surface area contributed by atoms with Crippen LogP contribution in [0.15, 0.2) is 36.1 Å². The van der Waals surface area contributed by atoms with E-state index in [-0.39, 0.29) is 36.3 Å². The predicted octanol–water partition coefficient (Wildman–Crippen LogP) is 3.34. The quantitative estimate of drug-likeness (QED) is 0.554. The zero-order chi connectivity index (χ0) is 25.1. The van der Waals surface area contributed by atoms with Crippen molar-refractivity contribution in [2.75, 3.05) is 41.0 Å². The van der Waals surface area contributed by atoms with Crippen LogP contribution in [0.4, 0.5) is 0 Å². The highest BCUT2D eigenvalue weighted by atomic mass is 16.5. The van der Waals surface area contributed by atoms with Gasteiger partial charge in [-0.15, -0.1) is 0 Å². The van der Waals surface area contributed by atoms with Gasteiger partial charge in [-0.1, -0.05) is 0 Å². The molecule has 2 aliphatic heterocycles. The van der Waals surface area contributed by atoms with Crippen molar-refractivity contribution in [1.82, 2.24) is 4.90 Å². The molecule has 0 saturated carbocycles. The van der Waals surface area contributed by atoms with Crippen molar-refractivity contribution in [3.8, 4) is 28.7 Å². The highest BCUT2D eigenvalue weighted by molar-refractivity contribution is 6.14. The van der Waals surface area contributed by atoms with E-state index in [2.05, 4.69) is 0 Å². The molecular formula is C26H29NO8. The van der Waals surface area contributed by atoms with E-state index in [1.54, 1.807) is 41.3 Å². The molecular weight excluding hydrogens is 454 g/mol. The van der Waals surface area contributed by atoms with E-state index in [4.69, 9.17) is 28.4 Å². The maximum absolute atomic E-state index is 12.9. The Balaban J connectivity index is 1.47. The standard InChI is InChI=1S/C26H29NO8/c1-15-12-27(13-16(2)34-15)24(28)14-33-18-6-7-19-20(11-18)35-21(25(19)29)8-17-9-22(30-3)26(32-5)23(10-17)31-4/h6-11,15-16H,12-14H2,1-5H3. The van der Waals surface area contributed by atoms with Crippen molar-refractivity contribution in [2.24, 2.45) is 0 Å². The average molecular weight is 484 g/mol. The molecule has 2 aromatic rings. The van der Waals surface area contributed by atoms with Crippen LogP contribution in [-0.4, -0.2) is 69.8 Å². The van der Waals surface area contributed by atoms with Crippen LogP contribution in [0.3, 0.4) is 0 Å². The molecule has 0 radical (unpaired) electrons. The van der Waals surface area contributed by atoms with Gasteiger partial charge in [0.25, 0.3) is 5.91 Å². The predicted molar refractivity (Wildman–Crippen MR) is 128 cm³/mol. The number of ketones is 1. The number of amides is 1. The van der Waals surface area contributed by atoms with Gasteiger partial charge < -0.3 is 33.3 Å². The van der Waals surface area contributed by atoms with Crippen molar-refractivity contribution in [1.29, 1.82) is 0 Å². The van der Waals surface area contributed by atoms with E-state index in [0.29, 0.717) is 53.0 Å². The molecule has 2 atom stereocenters. The summed E-state index contributed by atoms with van der Waals surface area (Å²) in [6, 6.07) is 8.34. The van der Waals surface area contributed by atoms with Gasteiger partial charge in [0.15, 0.2) is 23.9 Å². The molecule has 35 heavy (non-hydrogen) atoms. The Morgan fingerprint density at radius 1 is 1.03 bits per heavy atom. The number of Topliss-reactive ketones (excluding diaryl/α,β-unsaturated/α-hetero) is 1. The van der Waals surface area contributed by atoms with Crippen LogP contribution in [0.1, 0.15) is 29.8 Å². The SMILES string of the molecule is COc1cc(C=C2Oc3cc(OCC(=O)N4CC(C)OC(C)C4)ccc3C2=O)cc(OC)c1OC. The molecule has 1 saturated heterocycles. The molecule has 2 aromatic carbocycles. The molecule has 2 heterocycles. The fourth-order valence-corrected chi connectivity index (χ4v) is 4.21. The summed E-state index contributed by atoms with van der Waals surface area (Å²) in [6.45, 7) is 4.83. The normalized spacial score (nSPS) is 20.3. The van der Waals surface area contributed by atoms with Gasteiger partial charge in [0.05, 0.1) is 39.1 Å². The van der Waals surface area contributed by atoms with E-state index in [1.165, 1.54) is 21.3 Å². The molecule has 2 aliphatic rings. The summed E-state index contributed by atoms with van der Waals surface area (Å²) < 4.78 is 33.3. The number of morpholine rings is 1. The third kappa shape index (κ3) is 5.19. The van der Waals surface area contributed by atoms with Crippen molar-refractivity contribution in [3.63, 3.8) is 0 Å². The lowest BCUT2D eigenvalue weighted by atomic mass is 10.1. The van der Waals surface area contributed by atoms with E-state index >= 15 is 0 Å². The minimum absolute atomic E-state index is 0.0158. The first-order valence-electron chi connectivity index (χ1n) is 11.3. The second-order valence-corrected chi connectivity index (χ2v) is 8.40. The topological polar surface area (TPSA) is 92.8 Å². The van der Waals surface area contributed by atoms with Crippen LogP contribution in [0.2, 0.25) is 0 Å². The Kier molecular flexibility index (Phi) is 7.16. The average Bonchev–Trinajstić information content (AvgIpc) is 3.15. The number of carbonyl (C=O) groups is 2. The smallest absolute Gasteiger partial charge is 0.260 e. The van der Waals surface area contributed by atoms with Crippen LogP contribution in [-0.2, 0) is 9.53 Å². The number of hydrogen-bond donors (Lipinski definition) is 0. The molecule has 1 amide bonds. The number of allylic oxidation sites excluding steroid dienone is 1. The molecule has 2 unspecified atom stereocenters. The van der Waals surface area contributed by atoms with Gasteiger partial charge in [0.2, 0.25) is 11.5 Å². The summed E-state index contributed by atoms with van der Waals surface area (Å²) in [7, 11) is 4.57. The molecule has 4 rings (SSSR count). The molecule has 0 bridgehead atoms. The van der Waals surface area contributed by atoms with Crippen LogP contribution in [0.5, 0.6) is 28.7 Å². The highest BCUT2D eigenvalue weighted by Gasteiger charge is 2.29. The maximum Gasteiger partial charge on any atom is 0.260 e. The monoisotopic (exact) mass is 483 g/mol. The Morgan fingerprint density at radius 2 is 1.69 bits per heavy atom.